The van der Waals surface area contributed by atoms with Gasteiger partial charge in [0, 0.05) is 29.4 Å². The molecule has 1 fully saturated rings. The molecular formula is C26H36O2. The second kappa shape index (κ2) is 6.03. The van der Waals surface area contributed by atoms with Crippen molar-refractivity contribution in [2.45, 2.75) is 103 Å². The third-order valence-corrected chi connectivity index (χ3v) is 8.18. The molecule has 1 heterocycles. The molecule has 1 aliphatic heterocycles. The van der Waals surface area contributed by atoms with Crippen LogP contribution in [-0.4, -0.2) is 5.79 Å². The standard InChI is InChI=1S/C26H36O2/c1-17(2)19-16-18-10-11-20-24(3,4)12-9-13-25(20,5)21(18)23-22(19)27-26(28-23)14-7-6-8-15-26/h9,13,16-17,20H,6-8,10-12,14-15H2,1-5H3/t20-,25-/m0/s1. The third kappa shape index (κ3) is 2.52. The fraction of sp³-hybridized carbons (Fsp3) is 0.692. The molecule has 3 aliphatic carbocycles. The van der Waals surface area contributed by atoms with Gasteiger partial charge in [-0.3, -0.25) is 0 Å². The Kier molecular flexibility index (Phi) is 4.00. The predicted molar refractivity (Wildman–Crippen MR) is 114 cm³/mol. The van der Waals surface area contributed by atoms with Crippen LogP contribution in [0.2, 0.25) is 0 Å². The number of fused-ring (bicyclic) bond motifs is 5. The van der Waals surface area contributed by atoms with Crippen LogP contribution < -0.4 is 9.47 Å². The molecule has 2 nitrogen and oxygen atoms in total. The van der Waals surface area contributed by atoms with Gasteiger partial charge in [-0.1, -0.05) is 59.3 Å². The Morgan fingerprint density at radius 3 is 2.43 bits per heavy atom. The van der Waals surface area contributed by atoms with E-state index >= 15 is 0 Å². The summed E-state index contributed by atoms with van der Waals surface area (Å²) in [6, 6.07) is 2.46. The monoisotopic (exact) mass is 380 g/mol. The first-order chi connectivity index (χ1) is 13.3. The summed E-state index contributed by atoms with van der Waals surface area (Å²) in [5.41, 5.74) is 4.65. The Morgan fingerprint density at radius 1 is 1.00 bits per heavy atom. The number of rotatable bonds is 1. The lowest BCUT2D eigenvalue weighted by atomic mass is 9.52. The minimum atomic E-state index is -0.406. The molecule has 1 spiro atoms. The molecule has 152 valence electrons. The van der Waals surface area contributed by atoms with Crippen LogP contribution in [0.15, 0.2) is 18.2 Å². The summed E-state index contributed by atoms with van der Waals surface area (Å²) in [6.45, 7) is 11.9. The van der Waals surface area contributed by atoms with Crippen LogP contribution in [0.4, 0.5) is 0 Å². The maximum absolute atomic E-state index is 6.85. The molecule has 0 radical (unpaired) electrons. The summed E-state index contributed by atoms with van der Waals surface area (Å²) < 4.78 is 13.6. The molecule has 1 saturated carbocycles. The fourth-order valence-corrected chi connectivity index (χ4v) is 6.75. The van der Waals surface area contributed by atoms with E-state index in [0.29, 0.717) is 17.3 Å². The van der Waals surface area contributed by atoms with E-state index in [1.165, 1.54) is 48.8 Å². The highest BCUT2D eigenvalue weighted by Crippen LogP contribution is 2.61. The van der Waals surface area contributed by atoms with Gasteiger partial charge in [-0.25, -0.2) is 0 Å². The van der Waals surface area contributed by atoms with Crippen molar-refractivity contribution in [2.75, 3.05) is 0 Å². The molecule has 0 aromatic heterocycles. The van der Waals surface area contributed by atoms with Gasteiger partial charge in [0.25, 0.3) is 5.79 Å². The summed E-state index contributed by atoms with van der Waals surface area (Å²) in [7, 11) is 0. The van der Waals surface area contributed by atoms with Gasteiger partial charge < -0.3 is 9.47 Å². The Bertz CT molecular complexity index is 825. The summed E-state index contributed by atoms with van der Waals surface area (Å²) >= 11 is 0. The topological polar surface area (TPSA) is 18.5 Å². The molecule has 1 aromatic rings. The lowest BCUT2D eigenvalue weighted by molar-refractivity contribution is -0.106. The van der Waals surface area contributed by atoms with Gasteiger partial charge in [0.1, 0.15) is 0 Å². The Labute approximate surface area is 170 Å². The van der Waals surface area contributed by atoms with E-state index in [0.717, 1.165) is 30.8 Å². The number of benzene rings is 1. The molecule has 1 aromatic carbocycles. The summed E-state index contributed by atoms with van der Waals surface area (Å²) in [4.78, 5) is 0. The molecule has 28 heavy (non-hydrogen) atoms. The fourth-order valence-electron chi connectivity index (χ4n) is 6.75. The lowest BCUT2D eigenvalue weighted by Gasteiger charge is -2.51. The molecule has 0 saturated heterocycles. The minimum Gasteiger partial charge on any atom is -0.448 e. The van der Waals surface area contributed by atoms with E-state index < -0.39 is 5.79 Å². The molecule has 2 heteroatoms. The van der Waals surface area contributed by atoms with Crippen molar-refractivity contribution in [1.29, 1.82) is 0 Å². The first-order valence-electron chi connectivity index (χ1n) is 11.5. The molecule has 2 atom stereocenters. The number of aryl methyl sites for hydroxylation is 1. The van der Waals surface area contributed by atoms with Crippen LogP contribution >= 0.6 is 0 Å². The van der Waals surface area contributed by atoms with Crippen molar-refractivity contribution < 1.29 is 9.47 Å². The Hall–Kier alpha value is -1.44. The largest absolute Gasteiger partial charge is 0.448 e. The molecule has 5 rings (SSSR count). The zero-order valence-electron chi connectivity index (χ0n) is 18.4. The van der Waals surface area contributed by atoms with E-state index in [1.54, 1.807) is 0 Å². The van der Waals surface area contributed by atoms with E-state index in [4.69, 9.17) is 9.47 Å². The highest BCUT2D eigenvalue weighted by atomic mass is 16.7. The molecule has 0 N–H and O–H groups in total. The van der Waals surface area contributed by atoms with Crippen LogP contribution in [0.5, 0.6) is 11.5 Å². The van der Waals surface area contributed by atoms with Crippen LogP contribution in [0.1, 0.15) is 102 Å². The summed E-state index contributed by atoms with van der Waals surface area (Å²) in [5, 5.41) is 0. The van der Waals surface area contributed by atoms with Crippen molar-refractivity contribution in [2.24, 2.45) is 11.3 Å². The lowest BCUT2D eigenvalue weighted by Crippen LogP contribution is -2.46. The highest BCUT2D eigenvalue weighted by molar-refractivity contribution is 5.63. The summed E-state index contributed by atoms with van der Waals surface area (Å²) in [5.74, 6) is 2.85. The van der Waals surface area contributed by atoms with E-state index in [-0.39, 0.29) is 5.41 Å². The van der Waals surface area contributed by atoms with Crippen LogP contribution in [0.25, 0.3) is 0 Å². The van der Waals surface area contributed by atoms with E-state index in [1.807, 2.05) is 0 Å². The zero-order chi connectivity index (χ0) is 19.7. The number of hydrogen-bond donors (Lipinski definition) is 0. The van der Waals surface area contributed by atoms with Gasteiger partial charge in [0.15, 0.2) is 11.5 Å². The minimum absolute atomic E-state index is 0.0402. The van der Waals surface area contributed by atoms with Crippen molar-refractivity contribution in [3.8, 4) is 11.5 Å². The van der Waals surface area contributed by atoms with Crippen molar-refractivity contribution in [3.63, 3.8) is 0 Å². The first kappa shape index (κ1) is 18.6. The van der Waals surface area contributed by atoms with Gasteiger partial charge in [-0.05, 0) is 54.9 Å². The first-order valence-corrected chi connectivity index (χ1v) is 11.5. The third-order valence-electron chi connectivity index (χ3n) is 8.18. The summed E-state index contributed by atoms with van der Waals surface area (Å²) in [6.07, 6.45) is 14.3. The maximum Gasteiger partial charge on any atom is 0.251 e. The van der Waals surface area contributed by atoms with Gasteiger partial charge >= 0.3 is 0 Å². The van der Waals surface area contributed by atoms with E-state index in [2.05, 4.69) is 52.8 Å². The number of hydrogen-bond acceptors (Lipinski definition) is 2. The Morgan fingerprint density at radius 2 is 1.71 bits per heavy atom. The van der Waals surface area contributed by atoms with E-state index in [9.17, 15) is 0 Å². The molecule has 0 amide bonds. The van der Waals surface area contributed by atoms with Crippen LogP contribution in [0, 0.1) is 11.3 Å². The molecular weight excluding hydrogens is 344 g/mol. The van der Waals surface area contributed by atoms with Gasteiger partial charge in [-0.2, -0.15) is 0 Å². The highest BCUT2D eigenvalue weighted by Gasteiger charge is 2.53. The normalized spacial score (nSPS) is 31.7. The van der Waals surface area contributed by atoms with Crippen molar-refractivity contribution >= 4 is 0 Å². The van der Waals surface area contributed by atoms with Crippen molar-refractivity contribution in [1.82, 2.24) is 0 Å². The number of allylic oxidation sites excluding steroid dienone is 2. The molecule has 0 bridgehead atoms. The van der Waals surface area contributed by atoms with Gasteiger partial charge in [0.2, 0.25) is 0 Å². The second-order valence-electron chi connectivity index (χ2n) is 11.0. The maximum atomic E-state index is 6.85. The average Bonchev–Trinajstić information content (AvgIpc) is 2.98. The number of ether oxygens (including phenoxy) is 2. The van der Waals surface area contributed by atoms with Crippen LogP contribution in [0.3, 0.4) is 0 Å². The van der Waals surface area contributed by atoms with Crippen LogP contribution in [-0.2, 0) is 11.8 Å². The quantitative estimate of drug-likeness (QED) is 0.486. The smallest absolute Gasteiger partial charge is 0.251 e. The molecule has 0 unspecified atom stereocenters. The predicted octanol–water partition coefficient (Wildman–Crippen LogP) is 7.05. The molecule has 4 aliphatic rings. The van der Waals surface area contributed by atoms with Crippen molar-refractivity contribution in [3.05, 3.63) is 34.9 Å². The SMILES string of the molecule is CC(C)c1cc2c(c3c1OC1(CCCCC1)O3)[C@@]1(C)C=CCC(C)(C)[C@@H]1CC2. The van der Waals surface area contributed by atoms with Gasteiger partial charge in [-0.15, -0.1) is 0 Å². The second-order valence-corrected chi connectivity index (χ2v) is 11.0. The zero-order valence-corrected chi connectivity index (χ0v) is 18.4. The van der Waals surface area contributed by atoms with Gasteiger partial charge in [0.05, 0.1) is 0 Å². The average molecular weight is 381 g/mol. The Balaban J connectivity index is 1.71.